The van der Waals surface area contributed by atoms with Crippen LogP contribution in [0.3, 0.4) is 0 Å². The molecule has 0 heterocycles. The second-order valence-corrected chi connectivity index (χ2v) is 6.91. The summed E-state index contributed by atoms with van der Waals surface area (Å²) in [6.45, 7) is 5.73. The topological polar surface area (TPSA) is 92.7 Å². The molecule has 0 aliphatic carbocycles. The lowest BCUT2D eigenvalue weighted by Crippen LogP contribution is -2.37. The van der Waals surface area contributed by atoms with Crippen LogP contribution in [0.4, 0.5) is 0 Å². The molecule has 102 valence electrons. The molecule has 17 heavy (non-hydrogen) atoms. The molecule has 2 N–H and O–H groups in total. The van der Waals surface area contributed by atoms with Gasteiger partial charge in [0.25, 0.3) is 0 Å². The number of aliphatic hydroxyl groups excluding tert-OH is 1. The van der Waals surface area contributed by atoms with Gasteiger partial charge in [-0.05, 0) is 11.8 Å². The standard InChI is InChI=1S/C10H21NO5S/c1-10(2,3)5-8(12)6-11-17(14,15)7-9(13)16-4/h8,11-12H,5-7H2,1-4H3. The second-order valence-electron chi connectivity index (χ2n) is 5.10. The minimum Gasteiger partial charge on any atom is -0.468 e. The molecule has 1 atom stereocenters. The number of ether oxygens (including phenoxy) is 1. The number of esters is 1. The van der Waals surface area contributed by atoms with Crippen molar-refractivity contribution in [2.45, 2.75) is 33.3 Å². The number of rotatable bonds is 6. The van der Waals surface area contributed by atoms with E-state index in [2.05, 4.69) is 9.46 Å². The van der Waals surface area contributed by atoms with E-state index in [1.807, 2.05) is 20.8 Å². The fourth-order valence-electron chi connectivity index (χ4n) is 1.27. The maximum absolute atomic E-state index is 11.3. The Labute approximate surface area is 102 Å². The number of sulfonamides is 1. The van der Waals surface area contributed by atoms with Crippen molar-refractivity contribution in [1.29, 1.82) is 0 Å². The number of hydrogen-bond acceptors (Lipinski definition) is 5. The molecule has 0 rings (SSSR count). The van der Waals surface area contributed by atoms with E-state index in [0.717, 1.165) is 7.11 Å². The molecule has 0 radical (unpaired) electrons. The third-order valence-electron chi connectivity index (χ3n) is 1.92. The van der Waals surface area contributed by atoms with Crippen LogP contribution in [0.15, 0.2) is 0 Å². The third-order valence-corrected chi connectivity index (χ3v) is 3.14. The highest BCUT2D eigenvalue weighted by atomic mass is 32.2. The Kier molecular flexibility index (Phi) is 6.08. The fraction of sp³-hybridized carbons (Fsp3) is 0.900. The van der Waals surface area contributed by atoms with Gasteiger partial charge in [-0.25, -0.2) is 13.1 Å². The van der Waals surface area contributed by atoms with Crippen molar-refractivity contribution in [2.75, 3.05) is 19.4 Å². The number of methoxy groups -OCH3 is 1. The van der Waals surface area contributed by atoms with Crippen LogP contribution in [0.5, 0.6) is 0 Å². The summed E-state index contributed by atoms with van der Waals surface area (Å²) in [6, 6.07) is 0. The van der Waals surface area contributed by atoms with Crippen molar-refractivity contribution in [2.24, 2.45) is 5.41 Å². The van der Waals surface area contributed by atoms with Gasteiger partial charge in [0.15, 0.2) is 5.75 Å². The maximum Gasteiger partial charge on any atom is 0.322 e. The van der Waals surface area contributed by atoms with Gasteiger partial charge < -0.3 is 9.84 Å². The Bertz CT molecular complexity index is 344. The average Bonchev–Trinajstić information content (AvgIpc) is 2.11. The van der Waals surface area contributed by atoms with E-state index in [1.54, 1.807) is 0 Å². The van der Waals surface area contributed by atoms with Crippen molar-refractivity contribution in [3.8, 4) is 0 Å². The summed E-state index contributed by atoms with van der Waals surface area (Å²) in [6.07, 6.45) is -0.310. The molecule has 0 amide bonds. The molecule has 1 unspecified atom stereocenters. The van der Waals surface area contributed by atoms with Crippen molar-refractivity contribution in [3.63, 3.8) is 0 Å². The first kappa shape index (κ1) is 16.3. The fourth-order valence-corrected chi connectivity index (χ4v) is 2.24. The van der Waals surface area contributed by atoms with Crippen LogP contribution in [0.25, 0.3) is 0 Å². The van der Waals surface area contributed by atoms with Gasteiger partial charge in [-0.2, -0.15) is 0 Å². The molecule has 0 aromatic carbocycles. The van der Waals surface area contributed by atoms with Gasteiger partial charge in [-0.3, -0.25) is 4.79 Å². The monoisotopic (exact) mass is 267 g/mol. The quantitative estimate of drug-likeness (QED) is 0.654. The van der Waals surface area contributed by atoms with Gasteiger partial charge >= 0.3 is 5.97 Å². The molecule has 0 aliphatic rings. The average molecular weight is 267 g/mol. The van der Waals surface area contributed by atoms with Crippen molar-refractivity contribution >= 4 is 16.0 Å². The van der Waals surface area contributed by atoms with Crippen LogP contribution < -0.4 is 4.72 Å². The molecular formula is C10H21NO5S. The number of hydrogen-bond donors (Lipinski definition) is 2. The zero-order valence-corrected chi connectivity index (χ0v) is 11.5. The van der Waals surface area contributed by atoms with Gasteiger partial charge in [0.1, 0.15) is 0 Å². The third kappa shape index (κ3) is 9.08. The van der Waals surface area contributed by atoms with E-state index >= 15 is 0 Å². The Morgan fingerprint density at radius 3 is 2.35 bits per heavy atom. The highest BCUT2D eigenvalue weighted by Gasteiger charge is 2.21. The largest absolute Gasteiger partial charge is 0.468 e. The molecule has 0 aliphatic heterocycles. The number of carbonyl (C=O) groups excluding carboxylic acids is 1. The molecule has 0 saturated carbocycles. The predicted molar refractivity (Wildman–Crippen MR) is 63.9 cm³/mol. The number of aliphatic hydroxyl groups is 1. The molecule has 0 aromatic rings. The predicted octanol–water partition coefficient (Wildman–Crippen LogP) is -0.124. The zero-order chi connectivity index (χ0) is 13.7. The lowest BCUT2D eigenvalue weighted by Gasteiger charge is -2.22. The molecule has 0 aromatic heterocycles. The Morgan fingerprint density at radius 2 is 1.94 bits per heavy atom. The summed E-state index contributed by atoms with van der Waals surface area (Å²) in [5, 5.41) is 9.60. The summed E-state index contributed by atoms with van der Waals surface area (Å²) < 4.78 is 29.1. The smallest absolute Gasteiger partial charge is 0.322 e. The zero-order valence-electron chi connectivity index (χ0n) is 10.7. The van der Waals surface area contributed by atoms with E-state index in [0.29, 0.717) is 6.42 Å². The Hall–Kier alpha value is -0.660. The molecule has 0 spiro atoms. The first-order chi connectivity index (χ1) is 7.56. The highest BCUT2D eigenvalue weighted by Crippen LogP contribution is 2.20. The summed E-state index contributed by atoms with van der Waals surface area (Å²) in [5.41, 5.74) is -0.0901. The van der Waals surface area contributed by atoms with Crippen LogP contribution in [0.1, 0.15) is 27.2 Å². The number of carbonyl (C=O) groups is 1. The first-order valence-corrected chi connectivity index (χ1v) is 6.93. The van der Waals surface area contributed by atoms with E-state index < -0.39 is 27.8 Å². The minimum atomic E-state index is -3.73. The second kappa shape index (κ2) is 6.32. The first-order valence-electron chi connectivity index (χ1n) is 5.28. The van der Waals surface area contributed by atoms with Crippen LogP contribution in [0, 0.1) is 5.41 Å². The molecule has 0 fully saturated rings. The van der Waals surface area contributed by atoms with Crippen LogP contribution in [-0.4, -0.2) is 45.0 Å². The Morgan fingerprint density at radius 1 is 1.41 bits per heavy atom. The van der Waals surface area contributed by atoms with Gasteiger partial charge in [0, 0.05) is 6.54 Å². The minimum absolute atomic E-state index is 0.0901. The van der Waals surface area contributed by atoms with Gasteiger partial charge in [0.05, 0.1) is 13.2 Å². The molecule has 7 heteroatoms. The van der Waals surface area contributed by atoms with Gasteiger partial charge in [-0.15, -0.1) is 0 Å². The van der Waals surface area contributed by atoms with Crippen molar-refractivity contribution in [1.82, 2.24) is 4.72 Å². The SMILES string of the molecule is COC(=O)CS(=O)(=O)NCC(O)CC(C)(C)C. The highest BCUT2D eigenvalue weighted by molar-refractivity contribution is 7.90. The van der Waals surface area contributed by atoms with E-state index in [9.17, 15) is 18.3 Å². The van der Waals surface area contributed by atoms with E-state index in [4.69, 9.17) is 0 Å². The van der Waals surface area contributed by atoms with Crippen molar-refractivity contribution < 1.29 is 23.1 Å². The van der Waals surface area contributed by atoms with Crippen LogP contribution >= 0.6 is 0 Å². The van der Waals surface area contributed by atoms with Crippen LogP contribution in [-0.2, 0) is 19.6 Å². The van der Waals surface area contributed by atoms with Gasteiger partial charge in [0.2, 0.25) is 10.0 Å². The summed E-state index contributed by atoms with van der Waals surface area (Å²) in [4.78, 5) is 10.8. The van der Waals surface area contributed by atoms with Crippen LogP contribution in [0.2, 0.25) is 0 Å². The van der Waals surface area contributed by atoms with E-state index in [1.165, 1.54) is 0 Å². The lowest BCUT2D eigenvalue weighted by molar-refractivity contribution is -0.137. The Balaban J connectivity index is 4.15. The molecule has 0 bridgehead atoms. The number of nitrogens with one attached hydrogen (secondary N) is 1. The molecular weight excluding hydrogens is 246 g/mol. The van der Waals surface area contributed by atoms with Crippen molar-refractivity contribution in [3.05, 3.63) is 0 Å². The summed E-state index contributed by atoms with van der Waals surface area (Å²) >= 11 is 0. The maximum atomic E-state index is 11.3. The molecule has 0 saturated heterocycles. The molecule has 6 nitrogen and oxygen atoms in total. The normalized spacial score (nSPS) is 14.4. The van der Waals surface area contributed by atoms with E-state index in [-0.39, 0.29) is 12.0 Å². The lowest BCUT2D eigenvalue weighted by atomic mass is 9.89. The summed E-state index contributed by atoms with van der Waals surface area (Å²) in [7, 11) is -2.61. The van der Waals surface area contributed by atoms with Gasteiger partial charge in [-0.1, -0.05) is 20.8 Å². The summed E-state index contributed by atoms with van der Waals surface area (Å²) in [5.74, 6) is -1.56.